The van der Waals surface area contributed by atoms with E-state index < -0.39 is 17.6 Å². The smallest absolute Gasteiger partial charge is 0.118 e. The predicted molar refractivity (Wildman–Crippen MR) is 117 cm³/mol. The van der Waals surface area contributed by atoms with Gasteiger partial charge in [-0.1, -0.05) is 73.4 Å². The fourth-order valence-electron chi connectivity index (χ4n) is 4.33. The molecule has 0 spiro atoms. The average Bonchev–Trinajstić information content (AvgIpc) is 2.68. The van der Waals surface area contributed by atoms with Gasteiger partial charge in [-0.15, -0.1) is 0 Å². The predicted octanol–water partition coefficient (Wildman–Crippen LogP) is 4.52. The van der Waals surface area contributed by atoms with Gasteiger partial charge in [0.2, 0.25) is 0 Å². The Labute approximate surface area is 183 Å². The van der Waals surface area contributed by atoms with E-state index in [9.17, 15) is 0 Å². The number of ether oxygens (including phenoxy) is 2. The van der Waals surface area contributed by atoms with Gasteiger partial charge in [-0.25, -0.2) is 0 Å². The van der Waals surface area contributed by atoms with Gasteiger partial charge in [-0.2, -0.15) is 0 Å². The largest absolute Gasteiger partial charge is 0.494 e. The van der Waals surface area contributed by atoms with E-state index in [1.807, 2.05) is 0 Å². The van der Waals surface area contributed by atoms with E-state index in [4.69, 9.17) is 9.47 Å². The molecule has 2 aromatic carbocycles. The Bertz CT molecular complexity index is 671. The van der Waals surface area contributed by atoms with E-state index in [1.165, 1.54) is 54.9 Å². The molecule has 0 unspecified atom stereocenters. The van der Waals surface area contributed by atoms with E-state index in [2.05, 4.69) is 48.5 Å². The second-order valence-electron chi connectivity index (χ2n) is 7.66. The summed E-state index contributed by atoms with van der Waals surface area (Å²) in [5.41, 5.74) is 0. The maximum absolute atomic E-state index is 6.23. The van der Waals surface area contributed by atoms with E-state index in [1.54, 1.807) is 10.4 Å². The standard InChI is InChI=1S/C23H30O2Si2.Fe/c1-6-14-24-20-10-2-4-12-22(20)26-16-8-18-27(19-9-17-26)23-13-5-3-11-21(23)25-15-7-1;/h2-5,10-13H,1,6-9,14-19H2;. The Balaban J connectivity index is 0.00000225. The van der Waals surface area contributed by atoms with Crippen molar-refractivity contribution in [3.8, 4) is 11.5 Å². The molecule has 2 aromatic rings. The first kappa shape index (κ1) is 21.7. The van der Waals surface area contributed by atoms with Crippen LogP contribution in [0.15, 0.2) is 48.5 Å². The molecular formula is C23H30FeO2Si2. The molecule has 28 heavy (non-hydrogen) atoms. The normalized spacial score (nSPS) is 19.3. The zero-order chi connectivity index (χ0) is 18.3. The number of para-hydroxylation sites is 2. The first-order valence-corrected chi connectivity index (χ1v) is 14.4. The maximum atomic E-state index is 6.23. The number of benzene rings is 2. The molecule has 1 saturated heterocycles. The number of hydrogen-bond acceptors (Lipinski definition) is 2. The summed E-state index contributed by atoms with van der Waals surface area (Å²) >= 11 is 0. The van der Waals surface area contributed by atoms with Crippen LogP contribution in [0.5, 0.6) is 11.5 Å². The molecular weight excluding hydrogens is 420 g/mol. The van der Waals surface area contributed by atoms with Crippen molar-refractivity contribution in [3.63, 3.8) is 0 Å². The minimum absolute atomic E-state index is 0. The van der Waals surface area contributed by atoms with Crippen molar-refractivity contribution in [3.05, 3.63) is 48.5 Å². The molecule has 2 radical (unpaired) electrons. The monoisotopic (exact) mass is 450 g/mol. The molecule has 0 aromatic heterocycles. The third kappa shape index (κ3) is 5.53. The Morgan fingerprint density at radius 1 is 0.536 bits per heavy atom. The summed E-state index contributed by atoms with van der Waals surface area (Å²) in [5, 5.41) is 3.10. The van der Waals surface area contributed by atoms with E-state index in [0.717, 1.165) is 26.1 Å². The van der Waals surface area contributed by atoms with Gasteiger partial charge < -0.3 is 9.47 Å². The summed E-state index contributed by atoms with van der Waals surface area (Å²) < 4.78 is 12.5. The summed E-state index contributed by atoms with van der Waals surface area (Å²) in [6.07, 6.45) is 6.11. The molecule has 3 heterocycles. The third-order valence-corrected chi connectivity index (χ3v) is 11.9. The number of rotatable bonds is 0. The first-order chi connectivity index (χ1) is 13.4. The van der Waals surface area contributed by atoms with Crippen LogP contribution in [-0.4, -0.2) is 30.8 Å². The SMILES string of the molecule is [Fe].c1ccc2c(c1)OCCCCCOc1ccccc1[Si]1CCC[Si]2CCC1. The van der Waals surface area contributed by atoms with Gasteiger partial charge in [0.05, 0.1) is 30.8 Å². The van der Waals surface area contributed by atoms with Crippen molar-refractivity contribution >= 4 is 28.0 Å². The summed E-state index contributed by atoms with van der Waals surface area (Å²) in [6.45, 7) is 1.66. The second-order valence-corrected chi connectivity index (χ2v) is 13.2. The van der Waals surface area contributed by atoms with Crippen molar-refractivity contribution in [2.75, 3.05) is 13.2 Å². The fraction of sp³-hybridized carbons (Fsp3) is 0.478. The summed E-state index contributed by atoms with van der Waals surface area (Å²) in [7, 11) is -0.993. The van der Waals surface area contributed by atoms with Crippen molar-refractivity contribution in [2.24, 2.45) is 0 Å². The van der Waals surface area contributed by atoms with Crippen LogP contribution in [0.4, 0.5) is 0 Å². The molecule has 0 saturated carbocycles. The Morgan fingerprint density at radius 2 is 0.964 bits per heavy atom. The molecule has 2 bridgehead atoms. The Kier molecular flexibility index (Phi) is 8.72. The third-order valence-electron chi connectivity index (χ3n) is 5.75. The summed E-state index contributed by atoms with van der Waals surface area (Å²) in [4.78, 5) is 0. The minimum atomic E-state index is -0.497. The van der Waals surface area contributed by atoms with Crippen LogP contribution < -0.4 is 19.8 Å². The van der Waals surface area contributed by atoms with Crippen molar-refractivity contribution in [1.82, 2.24) is 0 Å². The van der Waals surface area contributed by atoms with Crippen LogP contribution in [0.3, 0.4) is 0 Å². The van der Waals surface area contributed by atoms with Crippen LogP contribution >= 0.6 is 0 Å². The van der Waals surface area contributed by atoms with Crippen LogP contribution in [0.2, 0.25) is 24.2 Å². The first-order valence-electron chi connectivity index (χ1n) is 10.6. The molecule has 0 amide bonds. The van der Waals surface area contributed by atoms with Crippen molar-refractivity contribution in [2.45, 2.75) is 56.3 Å². The van der Waals surface area contributed by atoms with Gasteiger partial charge in [-0.05, 0) is 41.8 Å². The molecule has 0 atom stereocenters. The fourth-order valence-corrected chi connectivity index (χ4v) is 10.7. The van der Waals surface area contributed by atoms with E-state index in [0.29, 0.717) is 0 Å². The Morgan fingerprint density at radius 3 is 1.43 bits per heavy atom. The van der Waals surface area contributed by atoms with Gasteiger partial charge in [0.1, 0.15) is 11.5 Å². The van der Waals surface area contributed by atoms with Gasteiger partial charge in [0, 0.05) is 17.1 Å². The van der Waals surface area contributed by atoms with Crippen LogP contribution in [0, 0.1) is 0 Å². The van der Waals surface area contributed by atoms with E-state index >= 15 is 0 Å². The van der Waals surface area contributed by atoms with Gasteiger partial charge >= 0.3 is 0 Å². The van der Waals surface area contributed by atoms with Gasteiger partial charge in [-0.3, -0.25) is 0 Å². The molecule has 0 aliphatic carbocycles. The molecule has 3 aliphatic heterocycles. The second kappa shape index (κ2) is 11.2. The molecule has 3 aliphatic rings. The maximum Gasteiger partial charge on any atom is 0.118 e. The minimum Gasteiger partial charge on any atom is -0.494 e. The molecule has 2 nitrogen and oxygen atoms in total. The van der Waals surface area contributed by atoms with Gasteiger partial charge in [0.15, 0.2) is 0 Å². The van der Waals surface area contributed by atoms with Crippen LogP contribution in [-0.2, 0) is 17.1 Å². The zero-order valence-electron chi connectivity index (χ0n) is 16.6. The number of fused-ring (bicyclic) bond motifs is 10. The zero-order valence-corrected chi connectivity index (χ0v) is 19.7. The average molecular weight is 451 g/mol. The quantitative estimate of drug-likeness (QED) is 0.550. The molecule has 1 fully saturated rings. The van der Waals surface area contributed by atoms with Crippen LogP contribution in [0.25, 0.3) is 0 Å². The topological polar surface area (TPSA) is 18.5 Å². The molecule has 150 valence electrons. The summed E-state index contributed by atoms with van der Waals surface area (Å²) in [5.74, 6) is 2.34. The number of hydrogen-bond donors (Lipinski definition) is 0. The molecule has 5 rings (SSSR count). The summed E-state index contributed by atoms with van der Waals surface area (Å²) in [6, 6.07) is 23.3. The van der Waals surface area contributed by atoms with Crippen molar-refractivity contribution in [1.29, 1.82) is 0 Å². The van der Waals surface area contributed by atoms with Crippen LogP contribution in [0.1, 0.15) is 32.1 Å². The Hall–Kier alpha value is -1.01. The molecule has 0 N–H and O–H groups in total. The molecule has 5 heteroatoms. The van der Waals surface area contributed by atoms with E-state index in [-0.39, 0.29) is 17.1 Å². The van der Waals surface area contributed by atoms with Crippen molar-refractivity contribution < 1.29 is 26.5 Å². The van der Waals surface area contributed by atoms with Gasteiger partial charge in [0.25, 0.3) is 0 Å².